The largest absolute Gasteiger partial charge is 0.355 e. The fourth-order valence-electron chi connectivity index (χ4n) is 1.99. The van der Waals surface area contributed by atoms with Gasteiger partial charge in [-0.3, -0.25) is 24.1 Å². The van der Waals surface area contributed by atoms with Crippen molar-refractivity contribution in [1.82, 2.24) is 20.0 Å². The van der Waals surface area contributed by atoms with Crippen LogP contribution in [0.1, 0.15) is 26.7 Å². The first-order valence-electron chi connectivity index (χ1n) is 7.51. The van der Waals surface area contributed by atoms with Gasteiger partial charge in [-0.2, -0.15) is 0 Å². The van der Waals surface area contributed by atoms with Crippen molar-refractivity contribution in [2.24, 2.45) is 0 Å². The Bertz CT molecular complexity index is 519. The third kappa shape index (κ3) is 4.51. The van der Waals surface area contributed by atoms with Gasteiger partial charge in [-0.25, -0.2) is 9.69 Å². The standard InChI is InChI=1S/C14H22N4O5/c1-4-6-15-10(19)8-16(3)11(20)9-18-13(22)12(21)17(7-5-2)14(18)23/h4-9H2,1-3H3,(H,15,19). The average molecular weight is 326 g/mol. The van der Waals surface area contributed by atoms with Crippen molar-refractivity contribution in [3.05, 3.63) is 0 Å². The first-order chi connectivity index (χ1) is 10.8. The van der Waals surface area contributed by atoms with Crippen molar-refractivity contribution in [2.75, 3.05) is 33.2 Å². The number of likely N-dealkylation sites (N-methyl/N-ethyl adjacent to an activating group) is 1. The normalized spacial score (nSPS) is 14.5. The maximum atomic E-state index is 12.0. The smallest absolute Gasteiger partial charge is 0.334 e. The first kappa shape index (κ1) is 18.6. The summed E-state index contributed by atoms with van der Waals surface area (Å²) in [6, 6.07) is -0.793. The van der Waals surface area contributed by atoms with Crippen LogP contribution in [0.25, 0.3) is 0 Å². The Morgan fingerprint density at radius 2 is 1.65 bits per heavy atom. The van der Waals surface area contributed by atoms with Gasteiger partial charge in [0.05, 0.1) is 6.54 Å². The molecule has 23 heavy (non-hydrogen) atoms. The van der Waals surface area contributed by atoms with Crippen LogP contribution in [0.5, 0.6) is 0 Å². The van der Waals surface area contributed by atoms with Crippen molar-refractivity contribution in [2.45, 2.75) is 26.7 Å². The van der Waals surface area contributed by atoms with Gasteiger partial charge in [0.15, 0.2) is 0 Å². The second-order valence-corrected chi connectivity index (χ2v) is 5.23. The summed E-state index contributed by atoms with van der Waals surface area (Å²) in [6.07, 6.45) is 1.29. The van der Waals surface area contributed by atoms with Gasteiger partial charge in [-0.1, -0.05) is 13.8 Å². The van der Waals surface area contributed by atoms with E-state index >= 15 is 0 Å². The highest BCUT2D eigenvalue weighted by atomic mass is 16.2. The number of urea groups is 1. The van der Waals surface area contributed by atoms with Gasteiger partial charge in [0.2, 0.25) is 11.8 Å². The molecule has 9 nitrogen and oxygen atoms in total. The number of imide groups is 2. The Morgan fingerprint density at radius 1 is 1.04 bits per heavy atom. The van der Waals surface area contributed by atoms with Gasteiger partial charge in [0.25, 0.3) is 0 Å². The minimum absolute atomic E-state index is 0.128. The highest BCUT2D eigenvalue weighted by Crippen LogP contribution is 2.12. The topological polar surface area (TPSA) is 107 Å². The van der Waals surface area contributed by atoms with E-state index in [4.69, 9.17) is 0 Å². The molecule has 0 saturated carbocycles. The third-order valence-electron chi connectivity index (χ3n) is 3.25. The molecule has 0 spiro atoms. The van der Waals surface area contributed by atoms with E-state index in [1.807, 2.05) is 6.92 Å². The van der Waals surface area contributed by atoms with Crippen LogP contribution < -0.4 is 5.32 Å². The van der Waals surface area contributed by atoms with Crippen LogP contribution in [0.3, 0.4) is 0 Å². The SMILES string of the molecule is CCCNC(=O)CN(C)C(=O)CN1C(=O)C(=O)N(CCC)C1=O. The number of hydrogen-bond acceptors (Lipinski definition) is 5. The van der Waals surface area contributed by atoms with E-state index < -0.39 is 30.3 Å². The quantitative estimate of drug-likeness (QED) is 0.463. The van der Waals surface area contributed by atoms with E-state index in [-0.39, 0.29) is 19.0 Å². The number of rotatable bonds is 8. The predicted molar refractivity (Wildman–Crippen MR) is 80.1 cm³/mol. The molecule has 6 amide bonds. The molecule has 9 heteroatoms. The summed E-state index contributed by atoms with van der Waals surface area (Å²) in [7, 11) is 1.39. The van der Waals surface area contributed by atoms with Crippen LogP contribution in [0.4, 0.5) is 4.79 Å². The zero-order chi connectivity index (χ0) is 17.6. The predicted octanol–water partition coefficient (Wildman–Crippen LogP) is -0.828. The molecule has 0 unspecified atom stereocenters. The molecule has 1 aliphatic rings. The molecular formula is C14H22N4O5. The van der Waals surface area contributed by atoms with Gasteiger partial charge in [-0.05, 0) is 12.8 Å². The van der Waals surface area contributed by atoms with Crippen molar-refractivity contribution in [3.63, 3.8) is 0 Å². The molecule has 1 aliphatic heterocycles. The minimum atomic E-state index is -1.01. The highest BCUT2D eigenvalue weighted by Gasteiger charge is 2.44. The summed E-state index contributed by atoms with van der Waals surface area (Å²) in [5, 5.41) is 2.62. The molecule has 0 aliphatic carbocycles. The lowest BCUT2D eigenvalue weighted by molar-refractivity contribution is -0.145. The summed E-state index contributed by atoms with van der Waals surface area (Å²) in [4.78, 5) is 61.6. The lowest BCUT2D eigenvalue weighted by atomic mass is 10.4. The monoisotopic (exact) mass is 326 g/mol. The summed E-state index contributed by atoms with van der Waals surface area (Å²) in [6.45, 7) is 3.57. The maximum absolute atomic E-state index is 12.0. The molecule has 1 rings (SSSR count). The van der Waals surface area contributed by atoms with Crippen LogP contribution in [0.15, 0.2) is 0 Å². The Balaban J connectivity index is 2.62. The zero-order valence-corrected chi connectivity index (χ0v) is 13.6. The van der Waals surface area contributed by atoms with Gasteiger partial charge in [0, 0.05) is 20.1 Å². The molecule has 0 radical (unpaired) electrons. The average Bonchev–Trinajstić information content (AvgIpc) is 2.70. The first-order valence-corrected chi connectivity index (χ1v) is 7.51. The second-order valence-electron chi connectivity index (χ2n) is 5.23. The molecule has 0 aromatic carbocycles. The van der Waals surface area contributed by atoms with Crippen LogP contribution in [-0.2, 0) is 19.2 Å². The molecule has 1 saturated heterocycles. The zero-order valence-electron chi connectivity index (χ0n) is 13.6. The summed E-state index contributed by atoms with van der Waals surface area (Å²) >= 11 is 0. The maximum Gasteiger partial charge on any atom is 0.334 e. The van der Waals surface area contributed by atoms with E-state index in [2.05, 4.69) is 5.32 Å². The molecule has 1 N–H and O–H groups in total. The van der Waals surface area contributed by atoms with E-state index in [0.717, 1.165) is 16.2 Å². The second kappa shape index (κ2) is 8.25. The minimum Gasteiger partial charge on any atom is -0.355 e. The summed E-state index contributed by atoms with van der Waals surface area (Å²) in [5.74, 6) is -2.86. The molecular weight excluding hydrogens is 304 g/mol. The Labute approximate surface area is 134 Å². The molecule has 0 aromatic heterocycles. The molecule has 0 aromatic rings. The van der Waals surface area contributed by atoms with Crippen LogP contribution in [0.2, 0.25) is 0 Å². The van der Waals surface area contributed by atoms with Gasteiger partial charge in [-0.15, -0.1) is 0 Å². The number of carbonyl (C=O) groups excluding carboxylic acids is 5. The Morgan fingerprint density at radius 3 is 2.22 bits per heavy atom. The Kier molecular flexibility index (Phi) is 6.67. The number of nitrogens with zero attached hydrogens (tertiary/aromatic N) is 3. The number of nitrogens with one attached hydrogen (secondary N) is 1. The van der Waals surface area contributed by atoms with Crippen LogP contribution in [0, 0.1) is 0 Å². The van der Waals surface area contributed by atoms with Gasteiger partial charge in [0.1, 0.15) is 6.54 Å². The molecule has 1 fully saturated rings. The molecule has 1 heterocycles. The molecule has 0 atom stereocenters. The third-order valence-corrected chi connectivity index (χ3v) is 3.25. The van der Waals surface area contributed by atoms with E-state index in [1.165, 1.54) is 7.05 Å². The number of amides is 6. The number of carbonyl (C=O) groups is 5. The molecule has 128 valence electrons. The summed E-state index contributed by atoms with van der Waals surface area (Å²) in [5.41, 5.74) is 0. The highest BCUT2D eigenvalue weighted by molar-refractivity contribution is 6.45. The molecule has 0 bridgehead atoms. The number of hydrogen-bond donors (Lipinski definition) is 1. The Hall–Kier alpha value is -2.45. The fourth-order valence-corrected chi connectivity index (χ4v) is 1.99. The summed E-state index contributed by atoms with van der Waals surface area (Å²) < 4.78 is 0. The van der Waals surface area contributed by atoms with Crippen molar-refractivity contribution >= 4 is 29.7 Å². The lowest BCUT2D eigenvalue weighted by Gasteiger charge is -2.20. The van der Waals surface area contributed by atoms with E-state index in [9.17, 15) is 24.0 Å². The van der Waals surface area contributed by atoms with Crippen molar-refractivity contribution in [3.8, 4) is 0 Å². The fraction of sp³-hybridized carbons (Fsp3) is 0.643. The van der Waals surface area contributed by atoms with Crippen molar-refractivity contribution < 1.29 is 24.0 Å². The van der Waals surface area contributed by atoms with Gasteiger partial charge >= 0.3 is 17.8 Å². The van der Waals surface area contributed by atoms with E-state index in [1.54, 1.807) is 6.92 Å². The van der Waals surface area contributed by atoms with Crippen LogP contribution >= 0.6 is 0 Å². The van der Waals surface area contributed by atoms with Gasteiger partial charge < -0.3 is 10.2 Å². The van der Waals surface area contributed by atoms with Crippen molar-refractivity contribution in [1.29, 1.82) is 0 Å². The van der Waals surface area contributed by atoms with E-state index in [0.29, 0.717) is 17.9 Å². The van der Waals surface area contributed by atoms with Crippen LogP contribution in [-0.4, -0.2) is 77.6 Å². The lowest BCUT2D eigenvalue weighted by Crippen LogP contribution is -2.45.